The lowest BCUT2D eigenvalue weighted by atomic mass is 10.5. The SMILES string of the molecule is C=CC(=O)Sc1cccnc1Sc1ncccc1SC(=O)C=C. The maximum atomic E-state index is 11.6. The molecule has 0 aliphatic carbocycles. The number of pyridine rings is 2. The van der Waals surface area contributed by atoms with Crippen molar-refractivity contribution in [2.45, 2.75) is 19.8 Å². The van der Waals surface area contributed by atoms with Gasteiger partial charge in [-0.05, 0) is 71.7 Å². The van der Waals surface area contributed by atoms with Gasteiger partial charge in [-0.25, -0.2) is 9.97 Å². The molecular formula is C16H12N2O2S3. The highest BCUT2D eigenvalue weighted by atomic mass is 32.2. The summed E-state index contributed by atoms with van der Waals surface area (Å²) in [5, 5.41) is 0.994. The lowest BCUT2D eigenvalue weighted by Crippen LogP contribution is -1.92. The van der Waals surface area contributed by atoms with Crippen LogP contribution < -0.4 is 0 Å². The van der Waals surface area contributed by atoms with Crippen molar-refractivity contribution in [1.29, 1.82) is 0 Å². The summed E-state index contributed by atoms with van der Waals surface area (Å²) in [6, 6.07) is 7.15. The number of aromatic nitrogens is 2. The number of thioether (sulfide) groups is 2. The largest absolute Gasteiger partial charge is 0.282 e. The maximum Gasteiger partial charge on any atom is 0.216 e. The molecule has 116 valence electrons. The smallest absolute Gasteiger partial charge is 0.216 e. The minimum atomic E-state index is -0.155. The van der Waals surface area contributed by atoms with Crippen LogP contribution in [0.5, 0.6) is 0 Å². The third-order valence-electron chi connectivity index (χ3n) is 2.42. The first-order valence-electron chi connectivity index (χ1n) is 6.40. The first-order valence-corrected chi connectivity index (χ1v) is 8.85. The lowest BCUT2D eigenvalue weighted by Gasteiger charge is -2.08. The minimum Gasteiger partial charge on any atom is -0.282 e. The zero-order valence-electron chi connectivity index (χ0n) is 12.0. The second kappa shape index (κ2) is 8.71. The predicted molar refractivity (Wildman–Crippen MR) is 94.7 cm³/mol. The van der Waals surface area contributed by atoms with Gasteiger partial charge in [0.1, 0.15) is 10.1 Å². The van der Waals surface area contributed by atoms with Crippen LogP contribution in [0.1, 0.15) is 0 Å². The molecule has 7 heteroatoms. The maximum absolute atomic E-state index is 11.6. The average molecular weight is 360 g/mol. The monoisotopic (exact) mass is 360 g/mol. The van der Waals surface area contributed by atoms with Crippen molar-refractivity contribution in [2.24, 2.45) is 0 Å². The van der Waals surface area contributed by atoms with Gasteiger partial charge in [0, 0.05) is 22.2 Å². The fourth-order valence-corrected chi connectivity index (χ4v) is 3.87. The number of rotatable bonds is 6. The van der Waals surface area contributed by atoms with Gasteiger partial charge in [0.2, 0.25) is 10.2 Å². The molecule has 2 heterocycles. The van der Waals surface area contributed by atoms with Crippen LogP contribution >= 0.6 is 35.3 Å². The zero-order valence-corrected chi connectivity index (χ0v) is 14.4. The molecule has 23 heavy (non-hydrogen) atoms. The van der Waals surface area contributed by atoms with Crippen LogP contribution in [0.2, 0.25) is 0 Å². The van der Waals surface area contributed by atoms with E-state index < -0.39 is 0 Å². The van der Waals surface area contributed by atoms with Crippen molar-refractivity contribution in [3.8, 4) is 0 Å². The van der Waals surface area contributed by atoms with Gasteiger partial charge in [-0.2, -0.15) is 0 Å². The van der Waals surface area contributed by atoms with E-state index in [2.05, 4.69) is 23.1 Å². The van der Waals surface area contributed by atoms with Crippen LogP contribution in [0.25, 0.3) is 0 Å². The van der Waals surface area contributed by atoms with E-state index in [9.17, 15) is 9.59 Å². The van der Waals surface area contributed by atoms with E-state index >= 15 is 0 Å². The molecule has 0 unspecified atom stereocenters. The summed E-state index contributed by atoms with van der Waals surface area (Å²) < 4.78 is 0. The van der Waals surface area contributed by atoms with E-state index in [0.717, 1.165) is 33.3 Å². The zero-order chi connectivity index (χ0) is 16.7. The van der Waals surface area contributed by atoms with Crippen molar-refractivity contribution in [1.82, 2.24) is 9.97 Å². The Morgan fingerprint density at radius 2 is 1.30 bits per heavy atom. The molecule has 2 rings (SSSR count). The molecule has 0 amide bonds. The summed E-state index contributed by atoms with van der Waals surface area (Å²) in [6.45, 7) is 6.93. The summed E-state index contributed by atoms with van der Waals surface area (Å²) in [6.07, 6.45) is 5.82. The number of carbonyl (C=O) groups excluding carboxylic acids is 2. The summed E-state index contributed by atoms with van der Waals surface area (Å²) >= 11 is 3.42. The van der Waals surface area contributed by atoms with E-state index in [1.54, 1.807) is 24.5 Å². The van der Waals surface area contributed by atoms with Gasteiger partial charge >= 0.3 is 0 Å². The molecule has 2 aromatic rings. The molecule has 0 saturated heterocycles. The molecule has 0 spiro atoms. The minimum absolute atomic E-state index is 0.155. The molecule has 2 aromatic heterocycles. The van der Waals surface area contributed by atoms with Gasteiger partial charge in [0.05, 0.1) is 0 Å². The quantitative estimate of drug-likeness (QED) is 0.564. The number of hydrogen-bond donors (Lipinski definition) is 0. The molecule has 0 saturated carbocycles. The number of nitrogens with zero attached hydrogens (tertiary/aromatic N) is 2. The van der Waals surface area contributed by atoms with E-state index in [1.807, 2.05) is 12.1 Å². The lowest BCUT2D eigenvalue weighted by molar-refractivity contribution is -0.107. The fraction of sp³-hybridized carbons (Fsp3) is 0. The first-order chi connectivity index (χ1) is 11.1. The Bertz CT molecular complexity index is 699. The fourth-order valence-electron chi connectivity index (χ4n) is 1.45. The van der Waals surface area contributed by atoms with Crippen LogP contribution in [0.3, 0.4) is 0 Å². The van der Waals surface area contributed by atoms with Crippen molar-refractivity contribution in [3.63, 3.8) is 0 Å². The van der Waals surface area contributed by atoms with Crippen LogP contribution in [-0.4, -0.2) is 20.2 Å². The summed E-state index contributed by atoms with van der Waals surface area (Å²) in [7, 11) is 0. The Labute approximate surface area is 146 Å². The van der Waals surface area contributed by atoms with Gasteiger partial charge in [0.15, 0.2) is 0 Å². The summed E-state index contributed by atoms with van der Waals surface area (Å²) in [5.74, 6) is 0. The molecule has 0 fully saturated rings. The molecule has 0 bridgehead atoms. The topological polar surface area (TPSA) is 59.9 Å². The standard InChI is InChI=1S/C16H12N2O2S3/c1-3-13(19)21-11-7-5-9-17-15(11)23-16-12(8-6-10-18-16)22-14(20)4-2/h3-10H,1-2H2. The summed E-state index contributed by atoms with van der Waals surface area (Å²) in [4.78, 5) is 33.2. The molecular weight excluding hydrogens is 348 g/mol. The van der Waals surface area contributed by atoms with E-state index in [4.69, 9.17) is 0 Å². The van der Waals surface area contributed by atoms with E-state index in [-0.39, 0.29) is 10.2 Å². The average Bonchev–Trinajstić information content (AvgIpc) is 2.58. The molecule has 0 aliphatic heterocycles. The third-order valence-corrected chi connectivity index (χ3v) is 5.55. The second-order valence-corrected chi connectivity index (χ2v) is 7.04. The molecule has 0 radical (unpaired) electrons. The van der Waals surface area contributed by atoms with E-state index in [1.165, 1.54) is 23.9 Å². The highest BCUT2D eigenvalue weighted by Crippen LogP contribution is 2.37. The Balaban J connectivity index is 2.29. The van der Waals surface area contributed by atoms with Crippen molar-refractivity contribution in [2.75, 3.05) is 0 Å². The predicted octanol–water partition coefficient (Wildman–Crippen LogP) is 4.24. The van der Waals surface area contributed by atoms with Gasteiger partial charge in [0.25, 0.3) is 0 Å². The molecule has 0 N–H and O–H groups in total. The molecule has 4 nitrogen and oxygen atoms in total. The van der Waals surface area contributed by atoms with Gasteiger partial charge in [-0.1, -0.05) is 13.2 Å². The Kier molecular flexibility index (Phi) is 6.64. The van der Waals surface area contributed by atoms with Crippen LogP contribution in [-0.2, 0) is 9.59 Å². The van der Waals surface area contributed by atoms with Crippen LogP contribution in [0.4, 0.5) is 0 Å². The Morgan fingerprint density at radius 3 is 1.70 bits per heavy atom. The molecule has 0 aromatic carbocycles. The highest BCUT2D eigenvalue weighted by Gasteiger charge is 2.14. The number of hydrogen-bond acceptors (Lipinski definition) is 7. The Hall–Kier alpha value is -1.83. The summed E-state index contributed by atoms with van der Waals surface area (Å²) in [5.41, 5.74) is 0. The molecule has 0 aliphatic rings. The van der Waals surface area contributed by atoms with Crippen molar-refractivity contribution >= 4 is 45.5 Å². The Morgan fingerprint density at radius 1 is 0.870 bits per heavy atom. The van der Waals surface area contributed by atoms with Crippen molar-refractivity contribution in [3.05, 3.63) is 62.0 Å². The van der Waals surface area contributed by atoms with Gasteiger partial charge in [-0.3, -0.25) is 9.59 Å². The second-order valence-electron chi connectivity index (χ2n) is 3.97. The molecule has 0 atom stereocenters. The third kappa shape index (κ3) is 5.09. The van der Waals surface area contributed by atoms with Gasteiger partial charge < -0.3 is 0 Å². The van der Waals surface area contributed by atoms with Gasteiger partial charge in [-0.15, -0.1) is 0 Å². The van der Waals surface area contributed by atoms with Crippen LogP contribution in [0.15, 0.2) is 81.8 Å². The van der Waals surface area contributed by atoms with Crippen molar-refractivity contribution < 1.29 is 9.59 Å². The number of carbonyl (C=O) groups is 2. The van der Waals surface area contributed by atoms with E-state index in [0.29, 0.717) is 10.1 Å². The highest BCUT2D eigenvalue weighted by molar-refractivity contribution is 8.15. The normalized spacial score (nSPS) is 10.1. The first kappa shape index (κ1) is 17.5. The van der Waals surface area contributed by atoms with Crippen LogP contribution in [0, 0.1) is 0 Å².